The second kappa shape index (κ2) is 9.35. The highest BCUT2D eigenvalue weighted by Gasteiger charge is 2.09. The lowest BCUT2D eigenvalue weighted by Crippen LogP contribution is -2.31. The van der Waals surface area contributed by atoms with Crippen molar-refractivity contribution < 1.29 is 9.59 Å². The maximum atomic E-state index is 12.2. The van der Waals surface area contributed by atoms with E-state index in [0.717, 1.165) is 10.0 Å². The van der Waals surface area contributed by atoms with E-state index in [1.54, 1.807) is 30.3 Å². The van der Waals surface area contributed by atoms with Gasteiger partial charge in [-0.15, -0.1) is 0 Å². The first-order valence-corrected chi connectivity index (χ1v) is 8.21. The van der Waals surface area contributed by atoms with Gasteiger partial charge in [-0.2, -0.15) is 10.4 Å². The Morgan fingerprint density at radius 3 is 2.36 bits per heavy atom. The zero-order valence-corrected chi connectivity index (χ0v) is 14.8. The van der Waals surface area contributed by atoms with E-state index < -0.39 is 5.91 Å². The molecule has 2 rings (SSSR count). The first-order valence-electron chi connectivity index (χ1n) is 7.41. The Bertz CT molecular complexity index is 811. The molecule has 0 aliphatic rings. The number of carbonyl (C=O) groups excluding carboxylic acids is 2. The Kier molecular flexibility index (Phi) is 6.87. The zero-order chi connectivity index (χ0) is 18.1. The molecule has 0 saturated heterocycles. The van der Waals surface area contributed by atoms with Crippen LogP contribution in [-0.4, -0.2) is 24.1 Å². The van der Waals surface area contributed by atoms with Crippen molar-refractivity contribution in [3.05, 3.63) is 70.2 Å². The number of hydrogen-bond donors (Lipinski definition) is 2. The number of nitriles is 1. The lowest BCUT2D eigenvalue weighted by atomic mass is 10.1. The molecule has 0 atom stereocenters. The average molecular weight is 399 g/mol. The van der Waals surface area contributed by atoms with Crippen LogP contribution in [0.15, 0.2) is 64.2 Å². The number of hydrazone groups is 1. The Hall–Kier alpha value is -2.98. The van der Waals surface area contributed by atoms with E-state index in [9.17, 15) is 9.59 Å². The highest BCUT2D eigenvalue weighted by atomic mass is 79.9. The van der Waals surface area contributed by atoms with Crippen LogP contribution in [0.25, 0.3) is 0 Å². The largest absolute Gasteiger partial charge is 0.346 e. The number of rotatable bonds is 6. The van der Waals surface area contributed by atoms with Crippen LogP contribution < -0.4 is 10.7 Å². The zero-order valence-electron chi connectivity index (χ0n) is 13.2. The Morgan fingerprint density at radius 2 is 1.72 bits per heavy atom. The third-order valence-corrected chi connectivity index (χ3v) is 3.71. The summed E-state index contributed by atoms with van der Waals surface area (Å²) >= 11 is 3.32. The average Bonchev–Trinajstić information content (AvgIpc) is 2.63. The Morgan fingerprint density at radius 1 is 1.04 bits per heavy atom. The number of hydrogen-bond acceptors (Lipinski definition) is 4. The van der Waals surface area contributed by atoms with E-state index in [1.807, 2.05) is 30.3 Å². The maximum absolute atomic E-state index is 12.2. The van der Waals surface area contributed by atoms with Crippen LogP contribution >= 0.6 is 15.9 Å². The molecule has 7 heteroatoms. The van der Waals surface area contributed by atoms with Crippen molar-refractivity contribution in [3.8, 4) is 6.07 Å². The molecular weight excluding hydrogens is 384 g/mol. The molecule has 2 N–H and O–H groups in total. The van der Waals surface area contributed by atoms with Crippen LogP contribution in [0.1, 0.15) is 22.3 Å². The predicted molar refractivity (Wildman–Crippen MR) is 97.8 cm³/mol. The Balaban J connectivity index is 2.09. The second-order valence-electron chi connectivity index (χ2n) is 4.98. The van der Waals surface area contributed by atoms with E-state index >= 15 is 0 Å². The van der Waals surface area contributed by atoms with Crippen molar-refractivity contribution in [1.82, 2.24) is 10.7 Å². The molecule has 0 spiro atoms. The van der Waals surface area contributed by atoms with Gasteiger partial charge in [0.1, 0.15) is 6.42 Å². The van der Waals surface area contributed by atoms with Crippen LogP contribution in [0, 0.1) is 11.3 Å². The quantitative estimate of drug-likeness (QED) is 0.578. The highest BCUT2D eigenvalue weighted by Crippen LogP contribution is 2.10. The molecule has 126 valence electrons. The molecule has 0 aliphatic carbocycles. The van der Waals surface area contributed by atoms with Crippen LogP contribution in [0.3, 0.4) is 0 Å². The molecule has 0 radical (unpaired) electrons. The molecule has 6 nitrogen and oxygen atoms in total. The lowest BCUT2D eigenvalue weighted by molar-refractivity contribution is -0.120. The third-order valence-electron chi connectivity index (χ3n) is 3.18. The summed E-state index contributed by atoms with van der Waals surface area (Å²) < 4.78 is 0.885. The highest BCUT2D eigenvalue weighted by molar-refractivity contribution is 9.10. The van der Waals surface area contributed by atoms with Crippen LogP contribution in [0.4, 0.5) is 0 Å². The molecule has 0 saturated carbocycles. The second-order valence-corrected chi connectivity index (χ2v) is 5.90. The summed E-state index contributed by atoms with van der Waals surface area (Å²) in [4.78, 5) is 23.7. The number of nitrogens with zero attached hydrogens (tertiary/aromatic N) is 2. The molecular formula is C18H15BrN4O2. The maximum Gasteiger partial charge on any atom is 0.254 e. The lowest BCUT2D eigenvalue weighted by Gasteiger charge is -2.09. The smallest absolute Gasteiger partial charge is 0.254 e. The number of amides is 2. The molecule has 0 fully saturated rings. The van der Waals surface area contributed by atoms with Gasteiger partial charge in [-0.1, -0.05) is 46.3 Å². The van der Waals surface area contributed by atoms with Crippen LogP contribution in [-0.2, 0) is 4.79 Å². The minimum absolute atomic E-state index is 0.131. The van der Waals surface area contributed by atoms with E-state index in [-0.39, 0.29) is 18.9 Å². The van der Waals surface area contributed by atoms with Gasteiger partial charge < -0.3 is 5.32 Å². The van der Waals surface area contributed by atoms with E-state index in [0.29, 0.717) is 11.3 Å². The first-order chi connectivity index (χ1) is 12.1. The topological polar surface area (TPSA) is 94.3 Å². The molecule has 25 heavy (non-hydrogen) atoms. The molecule has 0 bridgehead atoms. The van der Waals surface area contributed by atoms with Gasteiger partial charge in [0.2, 0.25) is 0 Å². The fourth-order valence-electron chi connectivity index (χ4n) is 1.95. The predicted octanol–water partition coefficient (Wildman–Crippen LogP) is 2.61. The van der Waals surface area contributed by atoms with Crippen molar-refractivity contribution in [3.63, 3.8) is 0 Å². The van der Waals surface area contributed by atoms with Gasteiger partial charge in [0.25, 0.3) is 11.8 Å². The summed E-state index contributed by atoms with van der Waals surface area (Å²) in [6.45, 7) is 0.131. The number of nitrogens with one attached hydrogen (secondary N) is 2. The fourth-order valence-corrected chi connectivity index (χ4v) is 2.21. The summed E-state index contributed by atoms with van der Waals surface area (Å²) in [5, 5.41) is 15.3. The van der Waals surface area contributed by atoms with Crippen molar-refractivity contribution in [1.29, 1.82) is 5.26 Å². The van der Waals surface area contributed by atoms with Crippen molar-refractivity contribution in [2.45, 2.75) is 6.42 Å². The SMILES string of the molecule is N#CCC(=O)NN=C(CNC(=O)c1ccc(Br)cc1)c1ccccc1. The number of carbonyl (C=O) groups is 2. The molecule has 0 unspecified atom stereocenters. The van der Waals surface area contributed by atoms with Gasteiger partial charge in [0.05, 0.1) is 18.3 Å². The summed E-state index contributed by atoms with van der Waals surface area (Å²) in [5.74, 6) is -0.755. The molecule has 0 heterocycles. The number of benzene rings is 2. The van der Waals surface area contributed by atoms with E-state index in [2.05, 4.69) is 31.8 Å². The molecule has 2 aromatic rings. The molecule has 0 aromatic heterocycles. The van der Waals surface area contributed by atoms with Gasteiger partial charge in [-0.25, -0.2) is 5.43 Å². The monoisotopic (exact) mass is 398 g/mol. The van der Waals surface area contributed by atoms with Crippen molar-refractivity contribution in [2.75, 3.05) is 6.54 Å². The standard InChI is InChI=1S/C18H15BrN4O2/c19-15-8-6-14(7-9-15)18(25)21-12-16(13-4-2-1-3-5-13)22-23-17(24)10-11-20/h1-9H,10,12H2,(H,21,25)(H,23,24). The van der Waals surface area contributed by atoms with Gasteiger partial charge >= 0.3 is 0 Å². The van der Waals surface area contributed by atoms with Gasteiger partial charge in [0.15, 0.2) is 0 Å². The minimum Gasteiger partial charge on any atom is -0.346 e. The first kappa shape index (κ1) is 18.4. The molecule has 2 amide bonds. The summed E-state index contributed by atoms with van der Waals surface area (Å²) in [6.07, 6.45) is -0.281. The van der Waals surface area contributed by atoms with Crippen molar-refractivity contribution >= 4 is 33.5 Å². The van der Waals surface area contributed by atoms with E-state index in [4.69, 9.17) is 5.26 Å². The fraction of sp³-hybridized carbons (Fsp3) is 0.111. The molecule has 0 aliphatic heterocycles. The van der Waals surface area contributed by atoms with E-state index in [1.165, 1.54) is 0 Å². The summed E-state index contributed by atoms with van der Waals surface area (Å²) in [7, 11) is 0. The summed E-state index contributed by atoms with van der Waals surface area (Å²) in [5.41, 5.74) is 4.08. The Labute approximate surface area is 153 Å². The number of halogens is 1. The van der Waals surface area contributed by atoms with Crippen LogP contribution in [0.2, 0.25) is 0 Å². The third kappa shape index (κ3) is 5.86. The van der Waals surface area contributed by atoms with Gasteiger partial charge in [-0.05, 0) is 29.8 Å². The molecule has 2 aromatic carbocycles. The van der Waals surface area contributed by atoms with Crippen molar-refractivity contribution in [2.24, 2.45) is 5.10 Å². The minimum atomic E-state index is -0.504. The van der Waals surface area contributed by atoms with Gasteiger partial charge in [-0.3, -0.25) is 9.59 Å². The normalized spacial score (nSPS) is 10.6. The van der Waals surface area contributed by atoms with Crippen LogP contribution in [0.5, 0.6) is 0 Å². The van der Waals surface area contributed by atoms with Gasteiger partial charge in [0, 0.05) is 10.0 Å². The summed E-state index contributed by atoms with van der Waals surface area (Å²) in [6, 6.07) is 17.9.